The van der Waals surface area contributed by atoms with Gasteiger partial charge < -0.3 is 15.5 Å². The summed E-state index contributed by atoms with van der Waals surface area (Å²) in [6.07, 6.45) is 3.37. The minimum absolute atomic E-state index is 0.0528. The van der Waals surface area contributed by atoms with E-state index in [4.69, 9.17) is 23.2 Å². The second kappa shape index (κ2) is 10.5. The summed E-state index contributed by atoms with van der Waals surface area (Å²) in [7, 11) is 1.77. The van der Waals surface area contributed by atoms with Crippen molar-refractivity contribution in [3.63, 3.8) is 0 Å². The third-order valence-electron chi connectivity index (χ3n) is 5.88. The number of benzene rings is 1. The fourth-order valence-electron chi connectivity index (χ4n) is 3.70. The zero-order valence-electron chi connectivity index (χ0n) is 17.3. The summed E-state index contributed by atoms with van der Waals surface area (Å²) in [4.78, 5) is 21.1. The van der Waals surface area contributed by atoms with Crippen LogP contribution in [-0.4, -0.2) is 68.0 Å². The molecule has 8 heteroatoms. The molecular weight excluding hydrogens is 409 g/mol. The Hall–Kier alpha value is -1.50. The fraction of sp³-hybridized carbons (Fsp3) is 0.619. The highest BCUT2D eigenvalue weighted by molar-refractivity contribution is 6.42. The van der Waals surface area contributed by atoms with Gasteiger partial charge in [0.1, 0.15) is 0 Å². The Morgan fingerprint density at radius 3 is 2.52 bits per heavy atom. The number of aliphatic imine (C=N–C) groups is 1. The molecule has 29 heavy (non-hydrogen) atoms. The molecule has 0 bridgehead atoms. The minimum Gasteiger partial charge on any atom is -0.355 e. The van der Waals surface area contributed by atoms with Crippen LogP contribution in [0.3, 0.4) is 0 Å². The standard InChI is InChI=1S/C21H31Cl2N5O/c1-15(17-6-7-18(22)19(23)14-17)26-21(24-2)25-8-9-27-10-12-28(13-11-27)20(29)16-4-3-5-16/h6-7,14-16H,3-5,8-13H2,1-2H3,(H2,24,25,26). The smallest absolute Gasteiger partial charge is 0.225 e. The van der Waals surface area contributed by atoms with E-state index in [-0.39, 0.29) is 6.04 Å². The summed E-state index contributed by atoms with van der Waals surface area (Å²) in [5.74, 6) is 1.42. The zero-order valence-corrected chi connectivity index (χ0v) is 18.8. The molecule has 1 aliphatic heterocycles. The third-order valence-corrected chi connectivity index (χ3v) is 6.62. The lowest BCUT2D eigenvalue weighted by Gasteiger charge is -2.38. The Balaban J connectivity index is 1.37. The average Bonchev–Trinajstić information content (AvgIpc) is 2.68. The number of carbonyl (C=O) groups is 1. The molecule has 1 aliphatic carbocycles. The number of halogens is 2. The Bertz CT molecular complexity index is 730. The predicted molar refractivity (Wildman–Crippen MR) is 120 cm³/mol. The fourth-order valence-corrected chi connectivity index (χ4v) is 4.01. The Morgan fingerprint density at radius 1 is 1.21 bits per heavy atom. The van der Waals surface area contributed by atoms with Crippen molar-refractivity contribution in [1.29, 1.82) is 0 Å². The summed E-state index contributed by atoms with van der Waals surface area (Å²) < 4.78 is 0. The van der Waals surface area contributed by atoms with E-state index in [1.54, 1.807) is 7.05 Å². The van der Waals surface area contributed by atoms with E-state index >= 15 is 0 Å². The number of nitrogens with zero attached hydrogens (tertiary/aromatic N) is 3. The molecule has 1 amide bonds. The molecule has 1 saturated carbocycles. The van der Waals surface area contributed by atoms with E-state index in [2.05, 4.69) is 27.4 Å². The first-order valence-corrected chi connectivity index (χ1v) is 11.2. The molecular formula is C21H31Cl2N5O. The van der Waals surface area contributed by atoms with Crippen LogP contribution in [0.25, 0.3) is 0 Å². The van der Waals surface area contributed by atoms with Crippen LogP contribution in [-0.2, 0) is 4.79 Å². The molecule has 0 aromatic heterocycles. The Kier molecular flexibility index (Phi) is 8.04. The molecule has 1 unspecified atom stereocenters. The van der Waals surface area contributed by atoms with Gasteiger partial charge in [0.05, 0.1) is 16.1 Å². The van der Waals surface area contributed by atoms with Crippen molar-refractivity contribution in [3.05, 3.63) is 33.8 Å². The SMILES string of the molecule is CN=C(NCCN1CCN(C(=O)C2CCC2)CC1)NC(C)c1ccc(Cl)c(Cl)c1. The lowest BCUT2D eigenvalue weighted by atomic mass is 9.84. The molecule has 2 N–H and O–H groups in total. The van der Waals surface area contributed by atoms with Crippen LogP contribution < -0.4 is 10.6 Å². The van der Waals surface area contributed by atoms with Crippen LogP contribution >= 0.6 is 23.2 Å². The molecule has 1 saturated heterocycles. The molecule has 3 rings (SSSR count). The molecule has 0 radical (unpaired) electrons. The molecule has 1 aromatic carbocycles. The van der Waals surface area contributed by atoms with Gasteiger partial charge in [0, 0.05) is 52.2 Å². The average molecular weight is 440 g/mol. The number of hydrogen-bond donors (Lipinski definition) is 2. The molecule has 0 spiro atoms. The van der Waals surface area contributed by atoms with Crippen molar-refractivity contribution in [2.75, 3.05) is 46.3 Å². The van der Waals surface area contributed by atoms with Crippen LogP contribution in [0.4, 0.5) is 0 Å². The van der Waals surface area contributed by atoms with Gasteiger partial charge in [-0.1, -0.05) is 35.7 Å². The monoisotopic (exact) mass is 439 g/mol. The van der Waals surface area contributed by atoms with Crippen molar-refractivity contribution in [2.24, 2.45) is 10.9 Å². The van der Waals surface area contributed by atoms with E-state index in [0.29, 0.717) is 21.9 Å². The molecule has 2 aliphatic rings. The molecule has 2 fully saturated rings. The van der Waals surface area contributed by atoms with Gasteiger partial charge in [-0.15, -0.1) is 0 Å². The number of nitrogens with one attached hydrogen (secondary N) is 2. The van der Waals surface area contributed by atoms with Crippen LogP contribution in [0.1, 0.15) is 37.8 Å². The van der Waals surface area contributed by atoms with Gasteiger partial charge in [0.15, 0.2) is 5.96 Å². The molecule has 160 valence electrons. The highest BCUT2D eigenvalue weighted by Crippen LogP contribution is 2.28. The van der Waals surface area contributed by atoms with Gasteiger partial charge in [-0.2, -0.15) is 0 Å². The number of piperazine rings is 1. The Labute approximate surface area is 183 Å². The van der Waals surface area contributed by atoms with E-state index in [9.17, 15) is 4.79 Å². The number of hydrogen-bond acceptors (Lipinski definition) is 3. The maximum absolute atomic E-state index is 12.3. The molecule has 6 nitrogen and oxygen atoms in total. The van der Waals surface area contributed by atoms with Crippen molar-refractivity contribution in [1.82, 2.24) is 20.4 Å². The number of rotatable bonds is 6. The zero-order chi connectivity index (χ0) is 20.8. The van der Waals surface area contributed by atoms with Crippen molar-refractivity contribution < 1.29 is 4.79 Å². The molecule has 1 atom stereocenters. The number of guanidine groups is 1. The van der Waals surface area contributed by atoms with Crippen molar-refractivity contribution in [3.8, 4) is 0 Å². The van der Waals surface area contributed by atoms with Gasteiger partial charge in [-0.05, 0) is 37.5 Å². The lowest BCUT2D eigenvalue weighted by molar-refractivity contribution is -0.139. The highest BCUT2D eigenvalue weighted by atomic mass is 35.5. The summed E-state index contributed by atoms with van der Waals surface area (Å²) >= 11 is 12.1. The number of carbonyl (C=O) groups excluding carboxylic acids is 1. The second-order valence-corrected chi connectivity index (χ2v) is 8.65. The van der Waals surface area contributed by atoms with Crippen LogP contribution in [0.5, 0.6) is 0 Å². The van der Waals surface area contributed by atoms with E-state index in [1.807, 2.05) is 23.1 Å². The highest BCUT2D eigenvalue weighted by Gasteiger charge is 2.31. The maximum atomic E-state index is 12.3. The first-order chi connectivity index (χ1) is 14.0. The third kappa shape index (κ3) is 6.00. The van der Waals surface area contributed by atoms with Crippen LogP contribution in [0.2, 0.25) is 10.0 Å². The molecule has 1 aromatic rings. The summed E-state index contributed by atoms with van der Waals surface area (Å²) in [6, 6.07) is 5.70. The van der Waals surface area contributed by atoms with Crippen molar-refractivity contribution >= 4 is 35.1 Å². The first kappa shape index (κ1) is 22.2. The number of amides is 1. The van der Waals surface area contributed by atoms with Gasteiger partial charge in [-0.25, -0.2) is 0 Å². The summed E-state index contributed by atoms with van der Waals surface area (Å²) in [5, 5.41) is 7.86. The van der Waals surface area contributed by atoms with Gasteiger partial charge in [-0.3, -0.25) is 14.7 Å². The minimum atomic E-state index is 0.0528. The van der Waals surface area contributed by atoms with Crippen molar-refractivity contribution in [2.45, 2.75) is 32.2 Å². The Morgan fingerprint density at radius 2 is 1.93 bits per heavy atom. The van der Waals surface area contributed by atoms with E-state index in [1.165, 1.54) is 6.42 Å². The maximum Gasteiger partial charge on any atom is 0.225 e. The van der Waals surface area contributed by atoms with Crippen LogP contribution in [0, 0.1) is 5.92 Å². The van der Waals surface area contributed by atoms with Gasteiger partial charge in [0.25, 0.3) is 0 Å². The topological polar surface area (TPSA) is 60.0 Å². The first-order valence-electron chi connectivity index (χ1n) is 10.4. The second-order valence-electron chi connectivity index (χ2n) is 7.83. The van der Waals surface area contributed by atoms with E-state index in [0.717, 1.165) is 63.6 Å². The van der Waals surface area contributed by atoms with Gasteiger partial charge >= 0.3 is 0 Å². The summed E-state index contributed by atoms with van der Waals surface area (Å²) in [6.45, 7) is 7.34. The quantitative estimate of drug-likeness (QED) is 0.527. The normalized spacial score (nSPS) is 19.6. The summed E-state index contributed by atoms with van der Waals surface area (Å²) in [5.41, 5.74) is 1.05. The molecule has 1 heterocycles. The van der Waals surface area contributed by atoms with Gasteiger partial charge in [0.2, 0.25) is 5.91 Å². The lowest BCUT2D eigenvalue weighted by Crippen LogP contribution is -2.52. The van der Waals surface area contributed by atoms with E-state index < -0.39 is 0 Å². The largest absolute Gasteiger partial charge is 0.355 e. The predicted octanol–water partition coefficient (Wildman–Crippen LogP) is 3.16. The van der Waals surface area contributed by atoms with Crippen LogP contribution in [0.15, 0.2) is 23.2 Å².